The number of aliphatic hydroxyl groups excluding tert-OH is 1. The molecule has 1 saturated heterocycles. The van der Waals surface area contributed by atoms with Crippen LogP contribution in [0.15, 0.2) is 35.4 Å². The van der Waals surface area contributed by atoms with E-state index in [0.29, 0.717) is 6.42 Å². The second kappa shape index (κ2) is 7.19. The molecule has 7 nitrogen and oxygen atoms in total. The fraction of sp³-hybridized carbons (Fsp3) is 0.529. The highest BCUT2D eigenvalue weighted by molar-refractivity contribution is 5.51. The summed E-state index contributed by atoms with van der Waals surface area (Å²) in [5.74, 6) is 0. The number of hydrogen-bond donors (Lipinski definition) is 2. The van der Waals surface area contributed by atoms with Gasteiger partial charge in [0.15, 0.2) is 0 Å². The lowest BCUT2D eigenvalue weighted by atomic mass is 10.1. The summed E-state index contributed by atoms with van der Waals surface area (Å²) in [5, 5.41) is 17.4. The Morgan fingerprint density at radius 3 is 2.46 bits per heavy atom. The summed E-state index contributed by atoms with van der Waals surface area (Å²) < 4.78 is 2.86. The number of aromatic nitrogens is 3. The zero-order chi connectivity index (χ0) is 17.1. The summed E-state index contributed by atoms with van der Waals surface area (Å²) in [4.78, 5) is 14.9. The number of nitrogens with zero attached hydrogens (tertiary/aromatic N) is 4. The van der Waals surface area contributed by atoms with Crippen molar-refractivity contribution in [2.75, 3.05) is 31.1 Å². The van der Waals surface area contributed by atoms with Crippen LogP contribution in [0.25, 0.3) is 5.69 Å². The molecule has 2 N–H and O–H groups in total. The molecule has 0 aliphatic carbocycles. The van der Waals surface area contributed by atoms with Gasteiger partial charge in [-0.3, -0.25) is 0 Å². The minimum Gasteiger partial charge on any atom is -0.391 e. The van der Waals surface area contributed by atoms with Crippen LogP contribution < -0.4 is 15.9 Å². The molecule has 0 spiro atoms. The normalized spacial score (nSPS) is 17.7. The summed E-state index contributed by atoms with van der Waals surface area (Å²) in [5.41, 5.74) is 1.71. The molecule has 1 aliphatic rings. The quantitative estimate of drug-likeness (QED) is 0.847. The van der Waals surface area contributed by atoms with Crippen molar-refractivity contribution in [3.8, 4) is 5.69 Å². The van der Waals surface area contributed by atoms with E-state index in [1.54, 1.807) is 6.92 Å². The monoisotopic (exact) mass is 331 g/mol. The van der Waals surface area contributed by atoms with Crippen molar-refractivity contribution >= 4 is 5.69 Å². The van der Waals surface area contributed by atoms with Crippen LogP contribution >= 0.6 is 0 Å². The number of hydrogen-bond acceptors (Lipinski definition) is 5. The van der Waals surface area contributed by atoms with Gasteiger partial charge in [-0.2, -0.15) is 5.10 Å². The smallest absolute Gasteiger partial charge is 0.350 e. The maximum atomic E-state index is 12.6. The number of piperazine rings is 1. The van der Waals surface area contributed by atoms with Crippen molar-refractivity contribution in [3.05, 3.63) is 41.1 Å². The van der Waals surface area contributed by atoms with E-state index in [0.717, 1.165) is 37.6 Å². The molecule has 0 amide bonds. The molecule has 0 radical (unpaired) electrons. The molecule has 130 valence electrons. The Bertz CT molecular complexity index is 715. The van der Waals surface area contributed by atoms with E-state index in [2.05, 4.69) is 15.3 Å². The van der Waals surface area contributed by atoms with Gasteiger partial charge in [-0.1, -0.05) is 6.92 Å². The largest absolute Gasteiger partial charge is 0.391 e. The van der Waals surface area contributed by atoms with Crippen LogP contribution in [-0.2, 0) is 0 Å². The number of aliphatic hydroxyl groups is 1. The van der Waals surface area contributed by atoms with Gasteiger partial charge >= 0.3 is 5.69 Å². The molecule has 2 aromatic rings. The van der Waals surface area contributed by atoms with E-state index in [1.807, 2.05) is 31.2 Å². The first kappa shape index (κ1) is 16.7. The lowest BCUT2D eigenvalue weighted by Gasteiger charge is -2.29. The standard InChI is InChI=1S/C17H25N5O2/c1-3-16(23)13(2)22-17(24)21(12-19-22)15-6-4-14(5-7-15)20-10-8-18-9-11-20/h4-7,12-13,16,18,23H,3,8-11H2,1-2H3/t13-,16+/m1/s1. The summed E-state index contributed by atoms with van der Waals surface area (Å²) in [6.07, 6.45) is 1.52. The molecular weight excluding hydrogens is 306 g/mol. The van der Waals surface area contributed by atoms with E-state index in [4.69, 9.17) is 0 Å². The fourth-order valence-corrected chi connectivity index (χ4v) is 3.02. The van der Waals surface area contributed by atoms with Crippen LogP contribution in [-0.4, -0.2) is 51.7 Å². The van der Waals surface area contributed by atoms with Gasteiger partial charge in [-0.15, -0.1) is 0 Å². The zero-order valence-corrected chi connectivity index (χ0v) is 14.2. The highest BCUT2D eigenvalue weighted by Gasteiger charge is 2.19. The van der Waals surface area contributed by atoms with Gasteiger partial charge in [0.1, 0.15) is 6.33 Å². The lowest BCUT2D eigenvalue weighted by molar-refractivity contribution is 0.109. The second-order valence-electron chi connectivity index (χ2n) is 6.20. The molecule has 1 aliphatic heterocycles. The van der Waals surface area contributed by atoms with Crippen LogP contribution in [0.5, 0.6) is 0 Å². The molecular formula is C17H25N5O2. The van der Waals surface area contributed by atoms with Gasteiger partial charge in [-0.05, 0) is 37.6 Å². The molecule has 2 heterocycles. The zero-order valence-electron chi connectivity index (χ0n) is 14.2. The molecule has 24 heavy (non-hydrogen) atoms. The number of rotatable bonds is 5. The number of benzene rings is 1. The first-order valence-electron chi connectivity index (χ1n) is 8.52. The summed E-state index contributed by atoms with van der Waals surface area (Å²) >= 11 is 0. The Balaban J connectivity index is 1.82. The van der Waals surface area contributed by atoms with Crippen LogP contribution in [0.3, 0.4) is 0 Å². The van der Waals surface area contributed by atoms with Gasteiger partial charge in [0.2, 0.25) is 0 Å². The first-order valence-corrected chi connectivity index (χ1v) is 8.52. The van der Waals surface area contributed by atoms with Crippen molar-refractivity contribution in [3.63, 3.8) is 0 Å². The average molecular weight is 331 g/mol. The van der Waals surface area contributed by atoms with Crippen molar-refractivity contribution in [1.82, 2.24) is 19.7 Å². The topological polar surface area (TPSA) is 75.3 Å². The molecule has 0 saturated carbocycles. The first-order chi connectivity index (χ1) is 11.6. The summed E-state index contributed by atoms with van der Waals surface area (Å²) in [6, 6.07) is 7.60. The second-order valence-corrected chi connectivity index (χ2v) is 6.20. The lowest BCUT2D eigenvalue weighted by Crippen LogP contribution is -2.43. The Kier molecular flexibility index (Phi) is 5.01. The Morgan fingerprint density at radius 1 is 1.21 bits per heavy atom. The van der Waals surface area contributed by atoms with E-state index in [1.165, 1.54) is 15.6 Å². The Labute approximate surface area is 141 Å². The van der Waals surface area contributed by atoms with Crippen LogP contribution in [0.1, 0.15) is 26.3 Å². The molecule has 3 rings (SSSR count). The highest BCUT2D eigenvalue weighted by Crippen LogP contribution is 2.17. The molecule has 1 aromatic heterocycles. The predicted molar refractivity (Wildman–Crippen MR) is 93.9 cm³/mol. The van der Waals surface area contributed by atoms with Gasteiger partial charge in [0.05, 0.1) is 17.8 Å². The van der Waals surface area contributed by atoms with Gasteiger partial charge in [-0.25, -0.2) is 14.0 Å². The van der Waals surface area contributed by atoms with Crippen molar-refractivity contribution in [2.45, 2.75) is 32.4 Å². The minimum atomic E-state index is -0.582. The molecule has 1 aromatic carbocycles. The van der Waals surface area contributed by atoms with Gasteiger partial charge in [0, 0.05) is 31.9 Å². The maximum Gasteiger partial charge on any atom is 0.350 e. The average Bonchev–Trinajstić information content (AvgIpc) is 3.02. The molecule has 0 bridgehead atoms. The molecule has 1 fully saturated rings. The highest BCUT2D eigenvalue weighted by atomic mass is 16.3. The Morgan fingerprint density at radius 2 is 1.83 bits per heavy atom. The number of nitrogens with one attached hydrogen (secondary N) is 1. The fourth-order valence-electron chi connectivity index (χ4n) is 3.02. The minimum absolute atomic E-state index is 0.232. The predicted octanol–water partition coefficient (Wildman–Crippen LogP) is 0.775. The van der Waals surface area contributed by atoms with Crippen molar-refractivity contribution < 1.29 is 5.11 Å². The SMILES string of the molecule is CC[C@H](O)[C@@H](C)n1ncn(-c2ccc(N3CCNCC3)cc2)c1=O. The van der Waals surface area contributed by atoms with E-state index in [-0.39, 0.29) is 11.7 Å². The maximum absolute atomic E-state index is 12.6. The van der Waals surface area contributed by atoms with E-state index < -0.39 is 6.10 Å². The third-order valence-corrected chi connectivity index (χ3v) is 4.66. The summed E-state index contributed by atoms with van der Waals surface area (Å²) in [6.45, 7) is 7.66. The van der Waals surface area contributed by atoms with Crippen LogP contribution in [0.4, 0.5) is 5.69 Å². The number of anilines is 1. The third kappa shape index (κ3) is 3.22. The van der Waals surface area contributed by atoms with Crippen LogP contribution in [0, 0.1) is 0 Å². The molecule has 2 atom stereocenters. The Hall–Kier alpha value is -2.12. The van der Waals surface area contributed by atoms with Crippen molar-refractivity contribution in [1.29, 1.82) is 0 Å². The van der Waals surface area contributed by atoms with Gasteiger partial charge in [0.25, 0.3) is 0 Å². The van der Waals surface area contributed by atoms with E-state index >= 15 is 0 Å². The van der Waals surface area contributed by atoms with E-state index in [9.17, 15) is 9.90 Å². The molecule has 0 unspecified atom stereocenters. The molecule has 7 heteroatoms. The van der Waals surface area contributed by atoms with Crippen molar-refractivity contribution in [2.24, 2.45) is 0 Å². The van der Waals surface area contributed by atoms with Gasteiger partial charge < -0.3 is 15.3 Å². The summed E-state index contributed by atoms with van der Waals surface area (Å²) in [7, 11) is 0. The third-order valence-electron chi connectivity index (χ3n) is 4.66. The van der Waals surface area contributed by atoms with Crippen LogP contribution in [0.2, 0.25) is 0 Å².